The summed E-state index contributed by atoms with van der Waals surface area (Å²) >= 11 is 0. The van der Waals surface area contributed by atoms with Crippen molar-refractivity contribution < 1.29 is 14.3 Å². The lowest BCUT2D eigenvalue weighted by atomic mass is 10.2. The van der Waals surface area contributed by atoms with E-state index in [0.717, 1.165) is 39.3 Å². The van der Waals surface area contributed by atoms with Gasteiger partial charge < -0.3 is 14.4 Å². The monoisotopic (exact) mass is 342 g/mol. The average molecular weight is 342 g/mol. The molecular weight excluding hydrogens is 320 g/mol. The van der Waals surface area contributed by atoms with Crippen molar-refractivity contribution in [2.45, 2.75) is 12.6 Å². The molecule has 2 aliphatic rings. The normalized spacial score (nSPS) is 20.5. The number of carbonyl (C=O) groups excluding carboxylic acids is 1. The van der Waals surface area contributed by atoms with Crippen LogP contribution >= 0.6 is 0 Å². The highest BCUT2D eigenvalue weighted by atomic mass is 16.6. The van der Waals surface area contributed by atoms with Gasteiger partial charge in [-0.3, -0.25) is 14.4 Å². The van der Waals surface area contributed by atoms with Crippen molar-refractivity contribution in [1.29, 1.82) is 0 Å². The molecule has 1 fully saturated rings. The van der Waals surface area contributed by atoms with Crippen LogP contribution < -0.4 is 9.47 Å². The number of hydrogen-bond donors (Lipinski definition) is 0. The van der Waals surface area contributed by atoms with E-state index in [-0.39, 0.29) is 12.5 Å². The molecule has 1 saturated heterocycles. The maximum absolute atomic E-state index is 12.7. The molecule has 1 aromatic carbocycles. The Bertz CT molecular complexity index is 711. The molecule has 3 heterocycles. The van der Waals surface area contributed by atoms with Gasteiger partial charge in [0.05, 0.1) is 6.54 Å². The van der Waals surface area contributed by atoms with E-state index >= 15 is 0 Å². The van der Waals surface area contributed by atoms with Crippen LogP contribution in [0, 0.1) is 0 Å². The number of ether oxygens (including phenoxy) is 2. The molecule has 25 heavy (non-hydrogen) atoms. The highest BCUT2D eigenvalue weighted by molar-refractivity contribution is 5.82. The topological polar surface area (TPSA) is 59.8 Å². The summed E-state index contributed by atoms with van der Waals surface area (Å²) in [5.41, 5.74) is 0. The van der Waals surface area contributed by atoms with Crippen molar-refractivity contribution in [3.05, 3.63) is 42.7 Å². The molecule has 132 valence electrons. The second-order valence-corrected chi connectivity index (χ2v) is 6.30. The van der Waals surface area contributed by atoms with Crippen molar-refractivity contribution in [2.24, 2.45) is 0 Å². The second kappa shape index (κ2) is 7.14. The van der Waals surface area contributed by atoms with Gasteiger partial charge >= 0.3 is 0 Å². The molecule has 1 amide bonds. The third-order valence-corrected chi connectivity index (χ3v) is 4.67. The minimum Gasteiger partial charge on any atom is -0.485 e. The first-order chi connectivity index (χ1) is 12.3. The molecule has 0 N–H and O–H groups in total. The number of amides is 1. The Hall–Kier alpha value is -2.54. The van der Waals surface area contributed by atoms with Crippen LogP contribution in [0.5, 0.6) is 11.5 Å². The van der Waals surface area contributed by atoms with Crippen LogP contribution in [0.3, 0.4) is 0 Å². The molecule has 7 nitrogen and oxygen atoms in total. The van der Waals surface area contributed by atoms with Crippen molar-refractivity contribution in [1.82, 2.24) is 19.6 Å². The van der Waals surface area contributed by atoms with Gasteiger partial charge in [-0.1, -0.05) is 12.1 Å². The maximum atomic E-state index is 12.7. The molecule has 7 heteroatoms. The van der Waals surface area contributed by atoms with Gasteiger partial charge in [0.2, 0.25) is 6.10 Å². The Morgan fingerprint density at radius 1 is 1.08 bits per heavy atom. The van der Waals surface area contributed by atoms with E-state index in [1.165, 1.54) is 0 Å². The van der Waals surface area contributed by atoms with Gasteiger partial charge in [0.1, 0.15) is 6.61 Å². The standard InChI is InChI=1S/C18H22N4O3/c23-18(17-14-24-15-4-1-2-5-16(15)25-17)21-11-8-20(9-12-21)10-13-22-7-3-6-19-22/h1-7,17H,8-14H2/t17-/m0/s1. The van der Waals surface area contributed by atoms with Gasteiger partial charge in [-0.15, -0.1) is 0 Å². The molecule has 0 unspecified atom stereocenters. The zero-order valence-corrected chi connectivity index (χ0v) is 14.1. The van der Waals surface area contributed by atoms with Crippen LogP contribution in [-0.2, 0) is 11.3 Å². The molecule has 0 bridgehead atoms. The minimum atomic E-state index is -0.550. The van der Waals surface area contributed by atoms with E-state index in [4.69, 9.17) is 9.47 Å². The summed E-state index contributed by atoms with van der Waals surface area (Å²) in [7, 11) is 0. The number of nitrogens with zero attached hydrogens (tertiary/aromatic N) is 4. The smallest absolute Gasteiger partial charge is 0.267 e. The number of carbonyl (C=O) groups is 1. The summed E-state index contributed by atoms with van der Waals surface area (Å²) in [4.78, 5) is 16.9. The number of rotatable bonds is 4. The first kappa shape index (κ1) is 16.0. The van der Waals surface area contributed by atoms with Crippen LogP contribution in [0.25, 0.3) is 0 Å². The van der Waals surface area contributed by atoms with E-state index in [0.29, 0.717) is 11.5 Å². The van der Waals surface area contributed by atoms with E-state index in [9.17, 15) is 4.79 Å². The number of hydrogen-bond acceptors (Lipinski definition) is 5. The molecule has 0 spiro atoms. The van der Waals surface area contributed by atoms with Crippen LogP contribution in [-0.4, -0.2) is 70.9 Å². The number of benzene rings is 1. The van der Waals surface area contributed by atoms with E-state index in [2.05, 4.69) is 10.00 Å². The van der Waals surface area contributed by atoms with Gasteiger partial charge in [-0.25, -0.2) is 0 Å². The largest absolute Gasteiger partial charge is 0.485 e. The summed E-state index contributed by atoms with van der Waals surface area (Å²) in [6.07, 6.45) is 3.21. The van der Waals surface area contributed by atoms with E-state index in [1.54, 1.807) is 6.20 Å². The van der Waals surface area contributed by atoms with Crippen LogP contribution in [0.15, 0.2) is 42.7 Å². The summed E-state index contributed by atoms with van der Waals surface area (Å²) in [6.45, 7) is 5.28. The van der Waals surface area contributed by atoms with Crippen LogP contribution in [0.4, 0.5) is 0 Å². The molecular formula is C18H22N4O3. The van der Waals surface area contributed by atoms with Crippen LogP contribution in [0.2, 0.25) is 0 Å². The predicted octanol–water partition coefficient (Wildman–Crippen LogP) is 0.867. The van der Waals surface area contributed by atoms with Gasteiger partial charge in [-0.2, -0.15) is 5.10 Å². The van der Waals surface area contributed by atoms with Crippen molar-refractivity contribution in [3.63, 3.8) is 0 Å². The lowest BCUT2D eigenvalue weighted by Gasteiger charge is -2.37. The van der Waals surface area contributed by atoms with E-state index in [1.807, 2.05) is 46.1 Å². The first-order valence-electron chi connectivity index (χ1n) is 8.67. The minimum absolute atomic E-state index is 0.0150. The SMILES string of the molecule is O=C([C@@H]1COc2ccccc2O1)N1CCN(CCn2cccn2)CC1. The number of aromatic nitrogens is 2. The molecule has 4 rings (SSSR count). The zero-order chi connectivity index (χ0) is 17.1. The lowest BCUT2D eigenvalue weighted by molar-refractivity contribution is -0.143. The van der Waals surface area contributed by atoms with Gasteiger partial charge in [-0.05, 0) is 18.2 Å². The quantitative estimate of drug-likeness (QED) is 0.825. The average Bonchev–Trinajstić information content (AvgIpc) is 3.19. The number of para-hydroxylation sites is 2. The fraction of sp³-hybridized carbons (Fsp3) is 0.444. The van der Waals surface area contributed by atoms with Gasteiger partial charge in [0, 0.05) is 45.1 Å². The molecule has 0 radical (unpaired) electrons. The fourth-order valence-corrected chi connectivity index (χ4v) is 3.21. The third-order valence-electron chi connectivity index (χ3n) is 4.67. The summed E-state index contributed by atoms with van der Waals surface area (Å²) in [5.74, 6) is 1.36. The molecule has 2 aliphatic heterocycles. The highest BCUT2D eigenvalue weighted by Crippen LogP contribution is 2.31. The predicted molar refractivity (Wildman–Crippen MR) is 91.6 cm³/mol. The van der Waals surface area contributed by atoms with E-state index < -0.39 is 6.10 Å². The zero-order valence-electron chi connectivity index (χ0n) is 14.1. The van der Waals surface area contributed by atoms with Crippen LogP contribution in [0.1, 0.15) is 0 Å². The van der Waals surface area contributed by atoms with Crippen molar-refractivity contribution >= 4 is 5.91 Å². The van der Waals surface area contributed by atoms with Gasteiger partial charge in [0.25, 0.3) is 5.91 Å². The third kappa shape index (κ3) is 3.61. The second-order valence-electron chi connectivity index (χ2n) is 6.30. The number of fused-ring (bicyclic) bond motifs is 1. The Balaban J connectivity index is 1.27. The molecule has 0 saturated carbocycles. The molecule has 1 aromatic heterocycles. The van der Waals surface area contributed by atoms with Crippen molar-refractivity contribution in [2.75, 3.05) is 39.3 Å². The highest BCUT2D eigenvalue weighted by Gasteiger charge is 2.32. The molecule has 1 atom stereocenters. The first-order valence-corrected chi connectivity index (χ1v) is 8.67. The Labute approximate surface area is 146 Å². The summed E-state index contributed by atoms with van der Waals surface area (Å²) < 4.78 is 13.4. The Morgan fingerprint density at radius 2 is 1.88 bits per heavy atom. The fourth-order valence-electron chi connectivity index (χ4n) is 3.21. The number of piperazine rings is 1. The summed E-state index contributed by atoms with van der Waals surface area (Å²) in [5, 5.41) is 4.22. The lowest BCUT2D eigenvalue weighted by Crippen LogP contribution is -2.54. The Kier molecular flexibility index (Phi) is 4.56. The molecule has 0 aliphatic carbocycles. The Morgan fingerprint density at radius 3 is 2.64 bits per heavy atom. The maximum Gasteiger partial charge on any atom is 0.267 e. The van der Waals surface area contributed by atoms with Crippen molar-refractivity contribution in [3.8, 4) is 11.5 Å². The van der Waals surface area contributed by atoms with Gasteiger partial charge in [0.15, 0.2) is 11.5 Å². The summed E-state index contributed by atoms with van der Waals surface area (Å²) in [6, 6.07) is 9.40. The molecule has 2 aromatic rings.